The van der Waals surface area contributed by atoms with Crippen molar-refractivity contribution < 1.29 is 8.42 Å². The van der Waals surface area contributed by atoms with Crippen LogP contribution in [0.2, 0.25) is 5.02 Å². The molecule has 0 unspecified atom stereocenters. The van der Waals surface area contributed by atoms with Crippen LogP contribution >= 0.6 is 23.8 Å². The molecule has 10 heteroatoms. The van der Waals surface area contributed by atoms with Gasteiger partial charge < -0.3 is 15.6 Å². The summed E-state index contributed by atoms with van der Waals surface area (Å²) < 4.78 is 27.1. The number of hydrogen-bond donors (Lipinski definition) is 3. The number of sulfonamides is 1. The zero-order valence-corrected chi connectivity index (χ0v) is 20.0. The Morgan fingerprint density at radius 2 is 1.70 bits per heavy atom. The third kappa shape index (κ3) is 5.20. The molecule has 0 radical (unpaired) electrons. The number of anilines is 2. The molecule has 3 N–H and O–H groups in total. The summed E-state index contributed by atoms with van der Waals surface area (Å²) in [7, 11) is -3.48. The van der Waals surface area contributed by atoms with Crippen LogP contribution in [0, 0.1) is 11.3 Å². The molecule has 33 heavy (non-hydrogen) atoms. The molecule has 4 rings (SSSR count). The standard InChI is InChI=1S/C23H22ClN5O2S2/c24-17-6-4-16(5-7-17)21-15-26-22(20(21)14-25)28-23(32)27-18-8-10-19(11-9-18)33(30,31)29-12-2-1-3-13-29/h4-11,15,26H,1-3,12-13H2,(H2,27,28,32). The van der Waals surface area contributed by atoms with Crippen molar-refractivity contribution in [2.24, 2.45) is 0 Å². The summed E-state index contributed by atoms with van der Waals surface area (Å²) in [6.45, 7) is 1.12. The highest BCUT2D eigenvalue weighted by Gasteiger charge is 2.25. The quantitative estimate of drug-likeness (QED) is 0.417. The van der Waals surface area contributed by atoms with E-state index in [1.807, 2.05) is 12.1 Å². The molecule has 7 nitrogen and oxygen atoms in total. The lowest BCUT2D eigenvalue weighted by Crippen LogP contribution is -2.35. The Bertz CT molecular complexity index is 1290. The number of piperidine rings is 1. The highest BCUT2D eigenvalue weighted by molar-refractivity contribution is 7.89. The fourth-order valence-corrected chi connectivity index (χ4v) is 5.60. The number of H-pyrrole nitrogens is 1. The molecular weight excluding hydrogens is 478 g/mol. The average molecular weight is 500 g/mol. The molecule has 0 bridgehead atoms. The van der Waals surface area contributed by atoms with Gasteiger partial charge >= 0.3 is 0 Å². The lowest BCUT2D eigenvalue weighted by atomic mass is 10.1. The van der Waals surface area contributed by atoms with Crippen molar-refractivity contribution in [2.75, 3.05) is 23.7 Å². The van der Waals surface area contributed by atoms with E-state index in [-0.39, 0.29) is 10.0 Å². The molecule has 1 aliphatic heterocycles. The molecule has 1 aromatic heterocycles. The van der Waals surface area contributed by atoms with Crippen LogP contribution in [0.4, 0.5) is 11.5 Å². The van der Waals surface area contributed by atoms with Gasteiger partial charge in [0.25, 0.3) is 0 Å². The number of rotatable bonds is 5. The van der Waals surface area contributed by atoms with Gasteiger partial charge in [-0.05, 0) is 67.0 Å². The van der Waals surface area contributed by atoms with E-state index < -0.39 is 10.0 Å². The maximum atomic E-state index is 12.8. The number of nitrogens with zero attached hydrogens (tertiary/aromatic N) is 2. The summed E-state index contributed by atoms with van der Waals surface area (Å²) in [6, 6.07) is 15.9. The molecule has 0 spiro atoms. The van der Waals surface area contributed by atoms with Gasteiger partial charge in [-0.1, -0.05) is 30.2 Å². The van der Waals surface area contributed by atoms with Crippen molar-refractivity contribution in [3.63, 3.8) is 0 Å². The minimum Gasteiger partial charge on any atom is -0.346 e. The SMILES string of the molecule is N#Cc1c(-c2ccc(Cl)cc2)c[nH]c1NC(=S)Nc1ccc(S(=O)(=O)N2CCCCC2)cc1. The van der Waals surface area contributed by atoms with Gasteiger partial charge in [0.15, 0.2) is 5.11 Å². The molecule has 170 valence electrons. The largest absolute Gasteiger partial charge is 0.346 e. The Morgan fingerprint density at radius 3 is 2.33 bits per heavy atom. The van der Waals surface area contributed by atoms with Crippen LogP contribution in [0.25, 0.3) is 11.1 Å². The third-order valence-corrected chi connectivity index (χ3v) is 7.82. The van der Waals surface area contributed by atoms with Crippen LogP contribution in [-0.4, -0.2) is 35.9 Å². The molecule has 0 amide bonds. The average Bonchev–Trinajstić information content (AvgIpc) is 3.22. The fourth-order valence-electron chi connectivity index (χ4n) is 3.74. The van der Waals surface area contributed by atoms with Crippen LogP contribution in [0.1, 0.15) is 24.8 Å². The lowest BCUT2D eigenvalue weighted by molar-refractivity contribution is 0.346. The zero-order valence-electron chi connectivity index (χ0n) is 17.6. The monoisotopic (exact) mass is 499 g/mol. The Kier molecular flexibility index (Phi) is 7.00. The second-order valence-electron chi connectivity index (χ2n) is 7.64. The predicted octanol–water partition coefficient (Wildman–Crippen LogP) is 5.19. The highest BCUT2D eigenvalue weighted by atomic mass is 35.5. The number of benzene rings is 2. The Balaban J connectivity index is 1.44. The summed E-state index contributed by atoms with van der Waals surface area (Å²) in [6.07, 6.45) is 4.58. The summed E-state index contributed by atoms with van der Waals surface area (Å²) in [4.78, 5) is 3.30. The van der Waals surface area contributed by atoms with Crippen LogP contribution < -0.4 is 10.6 Å². The first-order valence-corrected chi connectivity index (χ1v) is 12.7. The van der Waals surface area contributed by atoms with Gasteiger partial charge in [0.05, 0.1) is 4.90 Å². The van der Waals surface area contributed by atoms with Gasteiger partial charge in [0, 0.05) is 35.6 Å². The highest BCUT2D eigenvalue weighted by Crippen LogP contribution is 2.29. The number of aromatic amines is 1. The molecule has 1 aliphatic rings. The van der Waals surface area contributed by atoms with Crippen molar-refractivity contribution in [1.82, 2.24) is 9.29 Å². The number of hydrogen-bond acceptors (Lipinski definition) is 4. The first-order valence-electron chi connectivity index (χ1n) is 10.4. The van der Waals surface area contributed by atoms with Crippen LogP contribution in [-0.2, 0) is 10.0 Å². The van der Waals surface area contributed by atoms with Crippen molar-refractivity contribution in [2.45, 2.75) is 24.2 Å². The zero-order chi connectivity index (χ0) is 23.4. The minimum atomic E-state index is -3.48. The predicted molar refractivity (Wildman–Crippen MR) is 135 cm³/mol. The van der Waals surface area contributed by atoms with E-state index in [2.05, 4.69) is 21.7 Å². The van der Waals surface area contributed by atoms with Crippen molar-refractivity contribution in [1.29, 1.82) is 5.26 Å². The summed E-state index contributed by atoms with van der Waals surface area (Å²) in [5, 5.41) is 16.6. The first kappa shape index (κ1) is 23.3. The van der Waals surface area contributed by atoms with E-state index >= 15 is 0 Å². The van der Waals surface area contributed by atoms with E-state index in [0.29, 0.717) is 35.2 Å². The molecule has 2 heterocycles. The molecule has 0 saturated carbocycles. The summed E-state index contributed by atoms with van der Waals surface area (Å²) in [5.74, 6) is 0.462. The minimum absolute atomic E-state index is 0.262. The number of nitriles is 1. The van der Waals surface area contributed by atoms with E-state index in [1.165, 1.54) is 4.31 Å². The van der Waals surface area contributed by atoms with Gasteiger partial charge in [-0.3, -0.25) is 0 Å². The van der Waals surface area contributed by atoms with E-state index in [9.17, 15) is 13.7 Å². The summed E-state index contributed by atoms with van der Waals surface area (Å²) in [5.41, 5.74) is 2.63. The van der Waals surface area contributed by atoms with E-state index in [1.54, 1.807) is 42.6 Å². The number of nitrogens with one attached hydrogen (secondary N) is 3. The van der Waals surface area contributed by atoms with Crippen molar-refractivity contribution in [3.8, 4) is 17.2 Å². The molecule has 2 aromatic carbocycles. The van der Waals surface area contributed by atoms with Gasteiger partial charge in [-0.15, -0.1) is 0 Å². The smallest absolute Gasteiger partial charge is 0.243 e. The first-order chi connectivity index (χ1) is 15.9. The van der Waals surface area contributed by atoms with Gasteiger partial charge in [-0.2, -0.15) is 9.57 Å². The molecule has 3 aromatic rings. The van der Waals surface area contributed by atoms with Crippen molar-refractivity contribution in [3.05, 3.63) is 65.3 Å². The molecule has 0 atom stereocenters. The molecule has 1 saturated heterocycles. The van der Waals surface area contributed by atoms with Gasteiger partial charge in [-0.25, -0.2) is 8.42 Å². The number of aromatic nitrogens is 1. The Labute approximate surface area is 203 Å². The van der Waals surface area contributed by atoms with E-state index in [0.717, 1.165) is 30.4 Å². The topological polar surface area (TPSA) is 101 Å². The second-order valence-corrected chi connectivity index (χ2v) is 10.4. The van der Waals surface area contributed by atoms with Gasteiger partial charge in [0.1, 0.15) is 17.5 Å². The fraction of sp³-hybridized carbons (Fsp3) is 0.217. The lowest BCUT2D eigenvalue weighted by Gasteiger charge is -2.25. The van der Waals surface area contributed by atoms with Crippen LogP contribution in [0.5, 0.6) is 0 Å². The normalized spacial score (nSPS) is 14.4. The van der Waals surface area contributed by atoms with Crippen molar-refractivity contribution >= 4 is 50.5 Å². The second kappa shape index (κ2) is 9.93. The van der Waals surface area contributed by atoms with Crippen LogP contribution in [0.15, 0.2) is 59.6 Å². The molecular formula is C23H22ClN5O2S2. The van der Waals surface area contributed by atoms with E-state index in [4.69, 9.17) is 23.8 Å². The number of thiocarbonyl (C=S) groups is 1. The summed E-state index contributed by atoms with van der Waals surface area (Å²) >= 11 is 11.3. The Morgan fingerprint density at radius 1 is 1.03 bits per heavy atom. The maximum absolute atomic E-state index is 12.8. The molecule has 0 aliphatic carbocycles. The third-order valence-electron chi connectivity index (χ3n) is 5.45. The van der Waals surface area contributed by atoms with Crippen LogP contribution in [0.3, 0.4) is 0 Å². The molecule has 1 fully saturated rings. The number of halogens is 1. The Hall–Kier alpha value is -2.90. The van der Waals surface area contributed by atoms with Gasteiger partial charge in [0.2, 0.25) is 10.0 Å². The maximum Gasteiger partial charge on any atom is 0.243 e.